The monoisotopic (exact) mass is 551 g/mol. The first-order chi connectivity index (χ1) is 19.0. The van der Waals surface area contributed by atoms with Crippen LogP contribution in [0.1, 0.15) is 108 Å². The third-order valence-electron chi connectivity index (χ3n) is 13.2. The molecule has 5 heteroatoms. The van der Waals surface area contributed by atoms with E-state index in [0.29, 0.717) is 58.0 Å². The van der Waals surface area contributed by atoms with Crippen LogP contribution in [0.2, 0.25) is 0 Å². The van der Waals surface area contributed by atoms with Gasteiger partial charge >= 0.3 is 5.97 Å². The van der Waals surface area contributed by atoms with E-state index < -0.39 is 0 Å². The van der Waals surface area contributed by atoms with Crippen molar-refractivity contribution >= 4 is 11.9 Å². The van der Waals surface area contributed by atoms with Gasteiger partial charge in [-0.3, -0.25) is 9.59 Å². The van der Waals surface area contributed by atoms with E-state index in [-0.39, 0.29) is 24.5 Å². The molecule has 1 aromatic rings. The lowest BCUT2D eigenvalue weighted by atomic mass is 9.40. The van der Waals surface area contributed by atoms with E-state index in [0.717, 1.165) is 37.0 Å². The molecule has 222 valence electrons. The molecule has 0 heterocycles. The van der Waals surface area contributed by atoms with E-state index in [1.165, 1.54) is 39.2 Å². The highest BCUT2D eigenvalue weighted by molar-refractivity contribution is 5.95. The van der Waals surface area contributed by atoms with E-state index in [4.69, 9.17) is 4.74 Å². The second-order valence-electron chi connectivity index (χ2n) is 14.7. The number of carbonyl (C=O) groups excluding carboxylic acids is 2. The van der Waals surface area contributed by atoms with Crippen molar-refractivity contribution in [2.45, 2.75) is 105 Å². The summed E-state index contributed by atoms with van der Waals surface area (Å²) in [4.78, 5) is 25.1. The quantitative estimate of drug-likeness (QED) is 0.357. The van der Waals surface area contributed by atoms with Gasteiger partial charge in [-0.15, -0.1) is 0 Å². The fourth-order valence-electron chi connectivity index (χ4n) is 10.9. The SMILES string of the molecule is COC(=O)CCC(C)[C@H]1CCC2C3C(C)CC4CC(NC(=O)c5ccccc5CO)CC[C@]4(C)C3C[C@H](C)[C@@]21C. The van der Waals surface area contributed by atoms with Crippen LogP contribution in [0.15, 0.2) is 24.3 Å². The second-order valence-corrected chi connectivity index (χ2v) is 14.7. The molecule has 0 radical (unpaired) electrons. The Labute approximate surface area is 242 Å². The van der Waals surface area contributed by atoms with Crippen molar-refractivity contribution in [1.82, 2.24) is 5.32 Å². The molecule has 4 aliphatic rings. The number of aliphatic hydroxyl groups excluding tert-OH is 1. The number of hydrogen-bond acceptors (Lipinski definition) is 4. The number of methoxy groups -OCH3 is 1. The summed E-state index contributed by atoms with van der Waals surface area (Å²) in [5, 5.41) is 13.1. The van der Waals surface area contributed by atoms with Crippen molar-refractivity contribution < 1.29 is 19.4 Å². The van der Waals surface area contributed by atoms with Gasteiger partial charge in [0.1, 0.15) is 0 Å². The third kappa shape index (κ3) is 4.92. The van der Waals surface area contributed by atoms with E-state index in [1.54, 1.807) is 0 Å². The molecule has 2 N–H and O–H groups in total. The summed E-state index contributed by atoms with van der Waals surface area (Å²) in [6.07, 6.45) is 9.99. The van der Waals surface area contributed by atoms with Crippen molar-refractivity contribution in [2.75, 3.05) is 7.11 Å². The zero-order valence-corrected chi connectivity index (χ0v) is 25.7. The van der Waals surface area contributed by atoms with Crippen molar-refractivity contribution in [3.63, 3.8) is 0 Å². The zero-order valence-electron chi connectivity index (χ0n) is 25.7. The summed E-state index contributed by atoms with van der Waals surface area (Å²) in [6.45, 7) is 12.6. The minimum atomic E-state index is -0.112. The Morgan fingerprint density at radius 1 is 1.07 bits per heavy atom. The molecule has 1 amide bonds. The molecular weight excluding hydrogens is 498 g/mol. The third-order valence-corrected chi connectivity index (χ3v) is 13.2. The zero-order chi connectivity index (χ0) is 28.8. The van der Waals surface area contributed by atoms with Gasteiger partial charge < -0.3 is 15.2 Å². The molecule has 0 aliphatic heterocycles. The topological polar surface area (TPSA) is 75.6 Å². The number of carbonyl (C=O) groups is 2. The average Bonchev–Trinajstić information content (AvgIpc) is 3.31. The Kier molecular flexibility index (Phi) is 8.45. The van der Waals surface area contributed by atoms with Crippen LogP contribution in [0.5, 0.6) is 0 Å². The number of amides is 1. The maximum Gasteiger partial charge on any atom is 0.305 e. The van der Waals surface area contributed by atoms with E-state index in [1.807, 2.05) is 24.3 Å². The number of benzene rings is 1. The fraction of sp³-hybridized carbons (Fsp3) is 0.771. The highest BCUT2D eigenvalue weighted by Gasteiger charge is 2.64. The van der Waals surface area contributed by atoms with Crippen LogP contribution < -0.4 is 5.32 Å². The number of fused-ring (bicyclic) bond motifs is 5. The minimum absolute atomic E-state index is 0.0413. The summed E-state index contributed by atoms with van der Waals surface area (Å²) in [6, 6.07) is 7.62. The predicted molar refractivity (Wildman–Crippen MR) is 158 cm³/mol. The van der Waals surface area contributed by atoms with Crippen LogP contribution in [0.25, 0.3) is 0 Å². The van der Waals surface area contributed by atoms with Gasteiger partial charge in [0.2, 0.25) is 0 Å². The van der Waals surface area contributed by atoms with Crippen LogP contribution in [0.4, 0.5) is 0 Å². The molecule has 4 saturated carbocycles. The molecular formula is C35H53NO4. The Bertz CT molecular complexity index is 1090. The van der Waals surface area contributed by atoms with Crippen LogP contribution in [0.3, 0.4) is 0 Å². The molecule has 0 bridgehead atoms. The molecule has 7 unspecified atom stereocenters. The van der Waals surface area contributed by atoms with E-state index >= 15 is 0 Å². The number of hydrogen-bond donors (Lipinski definition) is 2. The summed E-state index contributed by atoms with van der Waals surface area (Å²) >= 11 is 0. The molecule has 0 saturated heterocycles. The van der Waals surface area contributed by atoms with Gasteiger partial charge in [0, 0.05) is 18.0 Å². The fourth-order valence-corrected chi connectivity index (χ4v) is 10.9. The largest absolute Gasteiger partial charge is 0.469 e. The van der Waals surface area contributed by atoms with Crippen molar-refractivity contribution in [2.24, 2.45) is 58.2 Å². The first-order valence-electron chi connectivity index (χ1n) is 16.1. The first kappa shape index (κ1) is 29.6. The highest BCUT2D eigenvalue weighted by atomic mass is 16.5. The number of aliphatic hydroxyl groups is 1. The van der Waals surface area contributed by atoms with Crippen LogP contribution in [0, 0.1) is 58.2 Å². The Morgan fingerprint density at radius 3 is 2.55 bits per heavy atom. The number of esters is 1. The van der Waals surface area contributed by atoms with Gasteiger partial charge in [-0.1, -0.05) is 52.8 Å². The predicted octanol–water partition coefficient (Wildman–Crippen LogP) is 7.02. The lowest BCUT2D eigenvalue weighted by molar-refractivity contribution is -0.161. The smallest absolute Gasteiger partial charge is 0.305 e. The summed E-state index contributed by atoms with van der Waals surface area (Å²) in [7, 11) is 1.50. The highest BCUT2D eigenvalue weighted by Crippen LogP contribution is 2.71. The van der Waals surface area contributed by atoms with Crippen LogP contribution in [-0.2, 0) is 16.1 Å². The molecule has 5 rings (SSSR count). The van der Waals surface area contributed by atoms with Crippen molar-refractivity contribution in [1.29, 1.82) is 0 Å². The number of ether oxygens (including phenoxy) is 1. The van der Waals surface area contributed by atoms with Gasteiger partial charge in [0.25, 0.3) is 5.91 Å². The maximum atomic E-state index is 13.2. The Morgan fingerprint density at radius 2 is 1.82 bits per heavy atom. The summed E-state index contributed by atoms with van der Waals surface area (Å²) in [5.74, 6) is 5.45. The van der Waals surface area contributed by atoms with Crippen LogP contribution in [-0.4, -0.2) is 30.1 Å². The molecule has 11 atom stereocenters. The molecule has 0 aromatic heterocycles. The van der Waals surface area contributed by atoms with Gasteiger partial charge in [-0.05, 0) is 121 Å². The van der Waals surface area contributed by atoms with Gasteiger partial charge in [0.05, 0.1) is 13.7 Å². The lowest BCUT2D eigenvalue weighted by Crippen LogP contribution is -2.59. The van der Waals surface area contributed by atoms with Crippen LogP contribution >= 0.6 is 0 Å². The Hall–Kier alpha value is -1.88. The molecule has 5 nitrogen and oxygen atoms in total. The van der Waals surface area contributed by atoms with E-state index in [2.05, 4.69) is 39.9 Å². The second kappa shape index (κ2) is 11.4. The number of nitrogens with one attached hydrogen (secondary N) is 1. The molecule has 4 aliphatic carbocycles. The standard InChI is InChI=1S/C35H53NO4/c1-21(11-14-31(38)40-6)28-12-13-29-32-22(2)17-25-19-26(36-33(39)27-10-8-7-9-24(27)20-37)15-16-34(25,4)30(32)18-23(3)35(28,29)5/h7-10,21-23,25-26,28-30,32,37H,11-20H2,1-6H3,(H,36,39)/t21?,22?,23-,25?,26?,28+,29?,30?,32?,34-,35+/m0/s1. The van der Waals surface area contributed by atoms with Gasteiger partial charge in [0.15, 0.2) is 0 Å². The average molecular weight is 552 g/mol. The number of rotatable bonds is 7. The molecule has 4 fully saturated rings. The maximum absolute atomic E-state index is 13.2. The first-order valence-corrected chi connectivity index (χ1v) is 16.1. The summed E-state index contributed by atoms with van der Waals surface area (Å²) in [5.41, 5.74) is 1.99. The summed E-state index contributed by atoms with van der Waals surface area (Å²) < 4.78 is 4.95. The lowest BCUT2D eigenvalue weighted by Gasteiger charge is -2.65. The molecule has 1 aromatic carbocycles. The van der Waals surface area contributed by atoms with Crippen molar-refractivity contribution in [3.8, 4) is 0 Å². The normalized spacial score (nSPS) is 41.3. The van der Waals surface area contributed by atoms with Gasteiger partial charge in [-0.2, -0.15) is 0 Å². The van der Waals surface area contributed by atoms with Crippen molar-refractivity contribution in [3.05, 3.63) is 35.4 Å². The molecule has 0 spiro atoms. The van der Waals surface area contributed by atoms with Gasteiger partial charge in [-0.25, -0.2) is 0 Å². The van der Waals surface area contributed by atoms with E-state index in [9.17, 15) is 14.7 Å². The minimum Gasteiger partial charge on any atom is -0.469 e. The molecule has 40 heavy (non-hydrogen) atoms. The Balaban J connectivity index is 1.30.